The molecule has 1 heterocycles. The molecule has 9 aromatic rings. The predicted octanol–water partition coefficient (Wildman–Crippen LogP) is 14.5. The molecule has 0 saturated carbocycles. The first-order chi connectivity index (χ1) is 27.3. The summed E-state index contributed by atoms with van der Waals surface area (Å²) in [5.74, 6) is 1.21. The predicted molar refractivity (Wildman–Crippen MR) is 232 cm³/mol. The summed E-state index contributed by atoms with van der Waals surface area (Å²) in [5, 5.41) is 7.33. The van der Waals surface area contributed by atoms with E-state index < -0.39 is 0 Å². The van der Waals surface area contributed by atoms with E-state index in [4.69, 9.17) is 4.74 Å². The molecule has 0 fully saturated rings. The summed E-state index contributed by atoms with van der Waals surface area (Å²) < 4.78 is 6.63. The smallest absolute Gasteiger partial charge is 0.132 e. The van der Waals surface area contributed by atoms with Crippen LogP contribution in [-0.4, -0.2) is 6.10 Å². The van der Waals surface area contributed by atoms with Crippen molar-refractivity contribution in [1.82, 2.24) is 0 Å². The van der Waals surface area contributed by atoms with Crippen LogP contribution in [0.15, 0.2) is 206 Å². The highest BCUT2D eigenvalue weighted by Crippen LogP contribution is 2.50. The summed E-state index contributed by atoms with van der Waals surface area (Å²) in [5.41, 5.74) is 13.5. The summed E-state index contributed by atoms with van der Waals surface area (Å²) in [7, 11) is 0. The summed E-state index contributed by atoms with van der Waals surface area (Å²) in [6.07, 6.45) is 8.75. The van der Waals surface area contributed by atoms with E-state index in [-0.39, 0.29) is 12.0 Å². The summed E-state index contributed by atoms with van der Waals surface area (Å²) in [4.78, 5) is 0. The molecule has 1 nitrogen and oxygen atoms in total. The number of allylic oxidation sites excluding steroid dienone is 2. The average molecular weight is 701 g/mol. The summed E-state index contributed by atoms with van der Waals surface area (Å²) in [6.45, 7) is 0. The van der Waals surface area contributed by atoms with Gasteiger partial charge in [0.2, 0.25) is 0 Å². The van der Waals surface area contributed by atoms with Crippen LogP contribution in [0.3, 0.4) is 0 Å². The minimum Gasteiger partial charge on any atom is -0.484 e. The van der Waals surface area contributed by atoms with Gasteiger partial charge in [0.25, 0.3) is 0 Å². The normalized spacial score (nSPS) is 15.6. The maximum absolute atomic E-state index is 6.63. The van der Waals surface area contributed by atoms with Crippen molar-refractivity contribution in [2.24, 2.45) is 0 Å². The quantitative estimate of drug-likeness (QED) is 0.162. The van der Waals surface area contributed by atoms with Crippen molar-refractivity contribution in [2.75, 3.05) is 0 Å². The fourth-order valence-corrected chi connectivity index (χ4v) is 9.04. The Kier molecular flexibility index (Phi) is 7.38. The van der Waals surface area contributed by atoms with Crippen molar-refractivity contribution in [3.63, 3.8) is 0 Å². The lowest BCUT2D eigenvalue weighted by atomic mass is 9.83. The molecule has 1 aliphatic carbocycles. The molecule has 0 saturated heterocycles. The summed E-state index contributed by atoms with van der Waals surface area (Å²) >= 11 is 0. The monoisotopic (exact) mass is 700 g/mol. The molecule has 1 heteroatoms. The lowest BCUT2D eigenvalue weighted by molar-refractivity contribution is 0.271. The van der Waals surface area contributed by atoms with Crippen LogP contribution in [0.1, 0.15) is 11.5 Å². The number of benzene rings is 9. The van der Waals surface area contributed by atoms with E-state index in [1.807, 2.05) is 0 Å². The largest absolute Gasteiger partial charge is 0.484 e. The van der Waals surface area contributed by atoms with Gasteiger partial charge in [-0.2, -0.15) is 0 Å². The third kappa shape index (κ3) is 5.23. The molecular formula is C54H36O. The highest BCUT2D eigenvalue weighted by atomic mass is 16.5. The van der Waals surface area contributed by atoms with E-state index in [0.717, 1.165) is 5.75 Å². The molecule has 0 bridgehead atoms. The zero-order valence-corrected chi connectivity index (χ0v) is 30.2. The average Bonchev–Trinajstić information content (AvgIpc) is 3.65. The Hall–Kier alpha value is -6.96. The van der Waals surface area contributed by atoms with Crippen molar-refractivity contribution in [3.8, 4) is 61.4 Å². The molecule has 0 aromatic heterocycles. The first-order valence-corrected chi connectivity index (χ1v) is 19.2. The van der Waals surface area contributed by atoms with Crippen LogP contribution < -0.4 is 4.74 Å². The van der Waals surface area contributed by atoms with Crippen LogP contribution in [0.2, 0.25) is 0 Å². The molecule has 2 atom stereocenters. The van der Waals surface area contributed by atoms with Crippen molar-refractivity contribution in [2.45, 2.75) is 12.0 Å². The molecule has 258 valence electrons. The number of hydrogen-bond donors (Lipinski definition) is 0. The van der Waals surface area contributed by atoms with Gasteiger partial charge in [-0.1, -0.05) is 176 Å². The molecule has 0 amide bonds. The molecule has 1 aliphatic heterocycles. The Morgan fingerprint density at radius 2 is 0.836 bits per heavy atom. The SMILES string of the molecule is C1=CC2Oc3c(cc(-c4ccc5c(-c6cccc(-c7ccccc7)c6)c6ccccc6c(-c6cccc(-c7ccccc7)c6)c5c4)c4ccccc34)C2C=C1. The molecule has 0 spiro atoms. The minimum absolute atomic E-state index is 0.0272. The number of hydrogen-bond acceptors (Lipinski definition) is 1. The molecule has 2 unspecified atom stereocenters. The van der Waals surface area contributed by atoms with Gasteiger partial charge in [-0.3, -0.25) is 0 Å². The fraction of sp³-hybridized carbons (Fsp3) is 0.0370. The Balaban J connectivity index is 1.21. The van der Waals surface area contributed by atoms with Crippen molar-refractivity contribution < 1.29 is 4.74 Å². The van der Waals surface area contributed by atoms with Gasteiger partial charge >= 0.3 is 0 Å². The van der Waals surface area contributed by atoms with Gasteiger partial charge in [-0.05, 0) is 113 Å². The lowest BCUT2D eigenvalue weighted by Gasteiger charge is -2.20. The van der Waals surface area contributed by atoms with E-state index in [0.29, 0.717) is 0 Å². The molecule has 0 radical (unpaired) electrons. The lowest BCUT2D eigenvalue weighted by Crippen LogP contribution is -2.15. The second-order valence-electron chi connectivity index (χ2n) is 14.7. The fourth-order valence-electron chi connectivity index (χ4n) is 9.04. The Labute approximate surface area is 321 Å². The number of ether oxygens (including phenoxy) is 1. The minimum atomic E-state index is 0.0272. The second kappa shape index (κ2) is 12.9. The highest BCUT2D eigenvalue weighted by molar-refractivity contribution is 6.22. The standard InChI is InChI=1S/C54H36O/c1-3-15-35(16-4-1)37-19-13-21-40(31-37)52-44-25-8-9-26-45(44)53(41-22-14-20-38(32-41)36-17-5-2-6-18-36)49-33-39(29-30-46(49)52)48-34-50-43-24-11-12-28-51(43)55-54(50)47-27-10-7-23-42(47)48/h1-34,43,51H. The summed E-state index contributed by atoms with van der Waals surface area (Å²) in [6, 6.07) is 66.8. The van der Waals surface area contributed by atoms with Gasteiger partial charge in [-0.25, -0.2) is 0 Å². The highest BCUT2D eigenvalue weighted by Gasteiger charge is 2.34. The van der Waals surface area contributed by atoms with Gasteiger partial charge < -0.3 is 4.74 Å². The van der Waals surface area contributed by atoms with Gasteiger partial charge in [-0.15, -0.1) is 0 Å². The van der Waals surface area contributed by atoms with Crippen LogP contribution >= 0.6 is 0 Å². The Bertz CT molecular complexity index is 3010. The van der Waals surface area contributed by atoms with Gasteiger partial charge in [0.1, 0.15) is 11.9 Å². The first-order valence-electron chi connectivity index (χ1n) is 19.2. The van der Waals surface area contributed by atoms with Crippen LogP contribution in [-0.2, 0) is 0 Å². The zero-order valence-electron chi connectivity index (χ0n) is 30.2. The van der Waals surface area contributed by atoms with E-state index in [9.17, 15) is 0 Å². The van der Waals surface area contributed by atoms with Crippen LogP contribution in [0.4, 0.5) is 0 Å². The maximum Gasteiger partial charge on any atom is 0.132 e. The third-order valence-corrected chi connectivity index (χ3v) is 11.6. The maximum atomic E-state index is 6.63. The molecule has 0 N–H and O–H groups in total. The van der Waals surface area contributed by atoms with Crippen molar-refractivity contribution >= 4 is 32.3 Å². The number of fused-ring (bicyclic) bond motifs is 7. The molecular weight excluding hydrogens is 665 g/mol. The molecule has 2 aliphatic rings. The Morgan fingerprint density at radius 1 is 0.327 bits per heavy atom. The van der Waals surface area contributed by atoms with Crippen LogP contribution in [0.5, 0.6) is 5.75 Å². The number of rotatable bonds is 5. The van der Waals surface area contributed by atoms with Crippen LogP contribution in [0.25, 0.3) is 88.0 Å². The molecule has 55 heavy (non-hydrogen) atoms. The van der Waals surface area contributed by atoms with Crippen molar-refractivity contribution in [3.05, 3.63) is 212 Å². The van der Waals surface area contributed by atoms with Crippen LogP contribution in [0, 0.1) is 0 Å². The van der Waals surface area contributed by atoms with E-state index in [1.165, 1.54) is 93.5 Å². The zero-order chi connectivity index (χ0) is 36.3. The third-order valence-electron chi connectivity index (χ3n) is 11.6. The van der Waals surface area contributed by atoms with E-state index in [1.54, 1.807) is 0 Å². The molecule has 11 rings (SSSR count). The van der Waals surface area contributed by atoms with Gasteiger partial charge in [0, 0.05) is 16.9 Å². The Morgan fingerprint density at radius 3 is 1.49 bits per heavy atom. The second-order valence-corrected chi connectivity index (χ2v) is 14.7. The van der Waals surface area contributed by atoms with E-state index >= 15 is 0 Å². The van der Waals surface area contributed by atoms with Crippen molar-refractivity contribution in [1.29, 1.82) is 0 Å². The van der Waals surface area contributed by atoms with Gasteiger partial charge in [0.05, 0.1) is 0 Å². The first kappa shape index (κ1) is 31.6. The molecule has 9 aromatic carbocycles. The van der Waals surface area contributed by atoms with Gasteiger partial charge in [0.15, 0.2) is 0 Å². The van der Waals surface area contributed by atoms with E-state index in [2.05, 4.69) is 206 Å². The topological polar surface area (TPSA) is 9.23 Å².